The van der Waals surface area contributed by atoms with E-state index in [4.69, 9.17) is 71.5 Å². The van der Waals surface area contributed by atoms with Gasteiger partial charge in [-0.1, -0.05) is 32.9 Å². The molecule has 0 saturated carbocycles. The van der Waals surface area contributed by atoms with E-state index in [1.54, 1.807) is 0 Å². The number of aliphatic carboxylic acids is 5. The SMILES string of the molecule is C=CC(=O)O.C=CC(=O)O.C=CC(=O)O.C=CC(=O)O.C=CC(=O)O.OCC(O)CO.OCC(O)CO.OCC(O)CO. The molecular weight excluding hydrogens is 592 g/mol. The van der Waals surface area contributed by atoms with Crippen LogP contribution in [0, 0.1) is 0 Å². The number of rotatable bonds is 11. The van der Waals surface area contributed by atoms with Gasteiger partial charge in [0, 0.05) is 30.4 Å². The monoisotopic (exact) mass is 636 g/mol. The van der Waals surface area contributed by atoms with Gasteiger partial charge in [0.2, 0.25) is 0 Å². The molecule has 0 fully saturated rings. The van der Waals surface area contributed by atoms with Gasteiger partial charge in [0.15, 0.2) is 0 Å². The predicted octanol–water partition coefficient (Wildman–Crippen LogP) is -3.72. The summed E-state index contributed by atoms with van der Waals surface area (Å²) in [7, 11) is 0. The highest BCUT2D eigenvalue weighted by atomic mass is 16.4. The van der Waals surface area contributed by atoms with Crippen LogP contribution in [0.15, 0.2) is 63.3 Å². The van der Waals surface area contributed by atoms with Gasteiger partial charge in [-0.15, -0.1) is 0 Å². The van der Waals surface area contributed by atoms with E-state index in [-0.39, 0.29) is 39.6 Å². The topological polar surface area (TPSA) is 369 Å². The van der Waals surface area contributed by atoms with Gasteiger partial charge in [0.05, 0.1) is 39.6 Å². The van der Waals surface area contributed by atoms with Crippen molar-refractivity contribution in [3.8, 4) is 0 Å². The second kappa shape index (κ2) is 53.9. The summed E-state index contributed by atoms with van der Waals surface area (Å²) >= 11 is 0. The van der Waals surface area contributed by atoms with E-state index in [9.17, 15) is 24.0 Å². The summed E-state index contributed by atoms with van der Waals surface area (Å²) in [6.07, 6.45) is 1.31. The Kier molecular flexibility index (Phi) is 73.1. The fourth-order valence-corrected chi connectivity index (χ4v) is 0.173. The van der Waals surface area contributed by atoms with E-state index in [1.807, 2.05) is 0 Å². The van der Waals surface area contributed by atoms with E-state index in [1.165, 1.54) is 0 Å². The third kappa shape index (κ3) is 153. The lowest BCUT2D eigenvalue weighted by molar-refractivity contribution is -0.132. The van der Waals surface area contributed by atoms with Crippen LogP contribution in [0.2, 0.25) is 0 Å². The smallest absolute Gasteiger partial charge is 0.327 e. The van der Waals surface area contributed by atoms with Gasteiger partial charge >= 0.3 is 29.8 Å². The summed E-state index contributed by atoms with van der Waals surface area (Å²) in [5.41, 5.74) is 0. The van der Waals surface area contributed by atoms with Gasteiger partial charge in [-0.05, 0) is 0 Å². The molecule has 19 heteroatoms. The number of carbonyl (C=O) groups is 5. The van der Waals surface area contributed by atoms with Crippen molar-refractivity contribution in [2.45, 2.75) is 18.3 Å². The molecule has 0 amide bonds. The van der Waals surface area contributed by atoms with Crippen molar-refractivity contribution < 1.29 is 95.5 Å². The highest BCUT2D eigenvalue weighted by Crippen LogP contribution is 1.73. The molecule has 0 saturated heterocycles. The minimum absolute atomic E-state index is 0.365. The Bertz CT molecular complexity index is 581. The molecule has 254 valence electrons. The molecule has 0 aromatic rings. The maximum Gasteiger partial charge on any atom is 0.327 e. The lowest BCUT2D eigenvalue weighted by atomic mass is 10.4. The van der Waals surface area contributed by atoms with Crippen molar-refractivity contribution in [3.05, 3.63) is 63.3 Å². The number of carboxylic acid groups (broad SMARTS) is 5. The summed E-state index contributed by atoms with van der Waals surface area (Å²) in [5, 5.41) is 110. The number of aliphatic hydroxyl groups is 9. The number of carboxylic acids is 5. The molecule has 14 N–H and O–H groups in total. The molecule has 0 spiro atoms. The first kappa shape index (κ1) is 58.4. The molecule has 0 aromatic carbocycles. The van der Waals surface area contributed by atoms with Gasteiger partial charge < -0.3 is 71.5 Å². The zero-order valence-electron chi connectivity index (χ0n) is 23.2. The van der Waals surface area contributed by atoms with Crippen molar-refractivity contribution >= 4 is 29.8 Å². The van der Waals surface area contributed by atoms with Crippen LogP contribution in [0.25, 0.3) is 0 Å². The van der Waals surface area contributed by atoms with Gasteiger partial charge in [0.25, 0.3) is 0 Å². The van der Waals surface area contributed by atoms with Gasteiger partial charge in [-0.25, -0.2) is 24.0 Å². The van der Waals surface area contributed by atoms with Crippen molar-refractivity contribution in [1.29, 1.82) is 0 Å². The first-order valence-corrected chi connectivity index (χ1v) is 10.7. The predicted molar refractivity (Wildman–Crippen MR) is 150 cm³/mol. The zero-order chi connectivity index (χ0) is 36.4. The fraction of sp³-hybridized carbons (Fsp3) is 0.375. The summed E-state index contributed by atoms with van der Waals surface area (Å²) in [6, 6.07) is 0. The number of hydrogen-bond acceptors (Lipinski definition) is 14. The van der Waals surface area contributed by atoms with Crippen LogP contribution in [0.3, 0.4) is 0 Å². The fourth-order valence-electron chi connectivity index (χ4n) is 0.173. The van der Waals surface area contributed by atoms with E-state index in [2.05, 4.69) is 32.9 Å². The largest absolute Gasteiger partial charge is 0.478 e. The first-order chi connectivity index (χ1) is 19.8. The van der Waals surface area contributed by atoms with Crippen LogP contribution in [0.5, 0.6) is 0 Å². The molecule has 0 atom stereocenters. The standard InChI is InChI=1S/3C3H8O3.5C3H4O2/c3*4-1-3(6)2-5;5*1-2-3(4)5/h3*3-6H,1-2H2;5*2H,1H2,(H,4,5). The van der Waals surface area contributed by atoms with E-state index in [0.29, 0.717) is 0 Å². The average Bonchev–Trinajstić information content (AvgIpc) is 3.01. The molecule has 43 heavy (non-hydrogen) atoms. The van der Waals surface area contributed by atoms with Gasteiger partial charge in [-0.2, -0.15) is 0 Å². The lowest BCUT2D eigenvalue weighted by Crippen LogP contribution is -2.15. The van der Waals surface area contributed by atoms with Crippen molar-refractivity contribution in [2.75, 3.05) is 39.6 Å². The normalized spacial score (nSPS) is 7.91. The second-order valence-electron chi connectivity index (χ2n) is 5.77. The molecule has 0 unspecified atom stereocenters. The zero-order valence-corrected chi connectivity index (χ0v) is 23.2. The van der Waals surface area contributed by atoms with Crippen LogP contribution in [0.4, 0.5) is 0 Å². The van der Waals surface area contributed by atoms with E-state index in [0.717, 1.165) is 30.4 Å². The summed E-state index contributed by atoms with van der Waals surface area (Å²) in [5.74, 6) is -4.91. The van der Waals surface area contributed by atoms with Crippen molar-refractivity contribution in [1.82, 2.24) is 0 Å². The number of aliphatic hydroxyl groups excluding tert-OH is 9. The quantitative estimate of drug-likeness (QED) is 0.0969. The molecule has 0 aliphatic heterocycles. The molecule has 0 aliphatic rings. The molecule has 0 aliphatic carbocycles. The minimum atomic E-state index is -0.981. The Labute approximate surface area is 247 Å². The lowest BCUT2D eigenvalue weighted by Gasteiger charge is -1.96. The van der Waals surface area contributed by atoms with Gasteiger partial charge in [0.1, 0.15) is 18.3 Å². The van der Waals surface area contributed by atoms with Crippen LogP contribution in [-0.2, 0) is 24.0 Å². The van der Waals surface area contributed by atoms with Crippen molar-refractivity contribution in [3.63, 3.8) is 0 Å². The van der Waals surface area contributed by atoms with E-state index >= 15 is 0 Å². The maximum atomic E-state index is 9.25. The summed E-state index contributed by atoms with van der Waals surface area (Å²) in [6.45, 7) is 12.6. The molecule has 0 bridgehead atoms. The van der Waals surface area contributed by atoms with E-state index < -0.39 is 48.2 Å². The maximum absolute atomic E-state index is 9.25. The Hall–Kier alpha value is -4.31. The van der Waals surface area contributed by atoms with Crippen molar-refractivity contribution in [2.24, 2.45) is 0 Å². The minimum Gasteiger partial charge on any atom is -0.478 e. The first-order valence-electron chi connectivity index (χ1n) is 10.7. The summed E-state index contributed by atoms with van der Waals surface area (Å²) < 4.78 is 0. The van der Waals surface area contributed by atoms with Crippen LogP contribution in [0.1, 0.15) is 0 Å². The second-order valence-corrected chi connectivity index (χ2v) is 5.77. The third-order valence-electron chi connectivity index (χ3n) is 2.14. The third-order valence-corrected chi connectivity index (χ3v) is 2.14. The molecule has 0 heterocycles. The molecule has 19 nitrogen and oxygen atoms in total. The summed E-state index contributed by atoms with van der Waals surface area (Å²) in [4.78, 5) is 46.2. The Morgan fingerprint density at radius 2 is 0.442 bits per heavy atom. The Balaban J connectivity index is -0.0000000544. The average molecular weight is 637 g/mol. The van der Waals surface area contributed by atoms with Gasteiger partial charge in [-0.3, -0.25) is 0 Å². The molecule has 0 aromatic heterocycles. The Morgan fingerprint density at radius 1 is 0.372 bits per heavy atom. The van der Waals surface area contributed by atoms with Crippen LogP contribution in [-0.4, -0.2) is 159 Å². The molecular formula is C24H44O19. The Morgan fingerprint density at radius 3 is 0.442 bits per heavy atom. The highest BCUT2D eigenvalue weighted by Gasteiger charge is 1.94. The number of hydrogen-bond donors (Lipinski definition) is 14. The van der Waals surface area contributed by atoms with Crippen LogP contribution >= 0.6 is 0 Å². The highest BCUT2D eigenvalue weighted by molar-refractivity contribution is 5.80. The molecule has 0 rings (SSSR count). The molecule has 0 radical (unpaired) electrons. The van der Waals surface area contributed by atoms with Crippen LogP contribution < -0.4 is 0 Å².